The van der Waals surface area contributed by atoms with Gasteiger partial charge in [0, 0.05) is 88.7 Å². The number of nitrogens with one attached hydrogen (secondary N) is 1. The van der Waals surface area contributed by atoms with E-state index in [1.54, 1.807) is 31.3 Å². The molecule has 8 aliphatic heterocycles. The van der Waals surface area contributed by atoms with Crippen molar-refractivity contribution >= 4 is 57.3 Å². The van der Waals surface area contributed by atoms with Crippen LogP contribution in [0.5, 0.6) is 6.01 Å². The van der Waals surface area contributed by atoms with Gasteiger partial charge in [-0.3, -0.25) is 29.4 Å². The number of fused-ring (bicyclic) bond motifs is 5. The largest absolute Gasteiger partial charge is 0.461 e. The first-order valence-electron chi connectivity index (χ1n) is 28.4. The third-order valence-corrected chi connectivity index (χ3v) is 17.9. The molecule has 10 heterocycles. The maximum absolute atomic E-state index is 16.9. The van der Waals surface area contributed by atoms with Crippen LogP contribution in [-0.2, 0) is 36.8 Å². The van der Waals surface area contributed by atoms with Crippen LogP contribution in [0.1, 0.15) is 111 Å². The molecule has 416 valence electrons. The fourth-order valence-electron chi connectivity index (χ4n) is 13.8. The summed E-state index contributed by atoms with van der Waals surface area (Å²) in [5, 5.41) is 4.15. The topological polar surface area (TPSA) is 163 Å². The minimum absolute atomic E-state index is 0.00280. The summed E-state index contributed by atoms with van der Waals surface area (Å²) in [6.45, 7) is 8.88. The number of nitrogens with zero attached hydrogens (tertiary/aromatic N) is 8. The fourth-order valence-corrected chi connectivity index (χ4v) is 13.8. The number of benzene rings is 3. The van der Waals surface area contributed by atoms with E-state index in [1.807, 2.05) is 29.2 Å². The number of amides is 4. The molecule has 6 saturated heterocycles. The summed E-state index contributed by atoms with van der Waals surface area (Å²) >= 11 is 0. The highest BCUT2D eigenvalue weighted by Gasteiger charge is 2.45. The van der Waals surface area contributed by atoms with Crippen molar-refractivity contribution in [3.8, 4) is 29.6 Å². The summed E-state index contributed by atoms with van der Waals surface area (Å²) in [6.07, 6.45) is 19.9. The van der Waals surface area contributed by atoms with Gasteiger partial charge in [0.2, 0.25) is 18.2 Å². The molecule has 4 amide bonds. The molecule has 2 atom stereocenters. The van der Waals surface area contributed by atoms with Crippen molar-refractivity contribution in [1.29, 1.82) is 0 Å². The van der Waals surface area contributed by atoms with Crippen LogP contribution in [0.25, 0.3) is 32.9 Å². The quantitative estimate of drug-likeness (QED) is 0.0864. The first-order chi connectivity index (χ1) is 38.5. The lowest BCUT2D eigenvalue weighted by Gasteiger charge is -2.37. The second-order valence-electron chi connectivity index (χ2n) is 22.7. The normalized spacial score (nSPS) is 22.2. The van der Waals surface area contributed by atoms with E-state index in [0.29, 0.717) is 78.0 Å². The molecule has 16 nitrogen and oxygen atoms in total. The van der Waals surface area contributed by atoms with Crippen LogP contribution >= 0.6 is 0 Å². The van der Waals surface area contributed by atoms with Gasteiger partial charge in [-0.1, -0.05) is 30.2 Å². The zero-order valence-electron chi connectivity index (χ0n) is 45.5. The molecule has 2 unspecified atom stereocenters. The lowest BCUT2D eigenvalue weighted by atomic mass is 9.83. The Bertz CT molecular complexity index is 3160. The van der Waals surface area contributed by atoms with Gasteiger partial charge in [-0.25, -0.2) is 13.8 Å². The van der Waals surface area contributed by atoms with Crippen LogP contribution in [0.2, 0.25) is 0 Å². The number of carbonyl (C=O) groups excluding carboxylic acids is 4. The van der Waals surface area contributed by atoms with Crippen molar-refractivity contribution in [2.24, 2.45) is 11.8 Å². The monoisotopic (exact) mass is 1080 g/mol. The summed E-state index contributed by atoms with van der Waals surface area (Å²) in [4.78, 5) is 72.8. The van der Waals surface area contributed by atoms with Gasteiger partial charge in [-0.15, -0.1) is 6.42 Å². The molecule has 5 aromatic rings. The summed E-state index contributed by atoms with van der Waals surface area (Å²) in [5.74, 6) is 2.75. The van der Waals surface area contributed by atoms with E-state index in [2.05, 4.69) is 36.7 Å². The highest BCUT2D eigenvalue weighted by molar-refractivity contribution is 6.06. The number of imide groups is 1. The van der Waals surface area contributed by atoms with Crippen LogP contribution in [0.4, 0.5) is 20.3 Å². The number of ether oxygens (including phenoxy) is 3. The number of pyridine rings is 1. The van der Waals surface area contributed by atoms with Crippen molar-refractivity contribution < 1.29 is 42.2 Å². The van der Waals surface area contributed by atoms with E-state index in [-0.39, 0.29) is 58.5 Å². The molecular formula is C61H71F2N9O7. The number of hydrogen-bond donors (Lipinski definition) is 1. The second kappa shape index (κ2) is 23.5. The Kier molecular flexibility index (Phi) is 16.1. The molecule has 0 aliphatic carbocycles. The van der Waals surface area contributed by atoms with E-state index >= 15 is 4.39 Å². The maximum Gasteiger partial charge on any atom is 0.319 e. The number of aryl methyl sites for hydroxylation is 1. The van der Waals surface area contributed by atoms with Crippen LogP contribution in [0, 0.1) is 35.8 Å². The van der Waals surface area contributed by atoms with Crippen LogP contribution in [-0.4, -0.2) is 151 Å². The van der Waals surface area contributed by atoms with Crippen molar-refractivity contribution in [3.63, 3.8) is 0 Å². The van der Waals surface area contributed by atoms with E-state index in [1.165, 1.54) is 25.3 Å². The standard InChI is InChI=1S/C34H33F2N5O2.C25H32N4O4.C2H6O/c1-2-23-25(35)11-9-21-7-3-8-24(27(21)23)30-29(36)31-28-26(37-30)12-10-22-19-42-18-6-17-41(22)32(28)39-33(38-31)43-20-34-13-4-15-40(34)16-5-14-34;30-16-27-9-5-17(6-10-27)13-18-7-11-28(12-8-18)20-1-2-21-19(14-20)15-29(25(21)33)22-3-4-23(31)26-24(22)32;1-3-2/h1,3,7-9,11,22H,4-6,10,12-20H2;1-2,14,16-18,22H,3-13,15H2,(H,26,31,32);1-2H3. The van der Waals surface area contributed by atoms with E-state index < -0.39 is 17.7 Å². The van der Waals surface area contributed by atoms with Crippen molar-refractivity contribution in [2.45, 2.75) is 114 Å². The lowest BCUT2D eigenvalue weighted by molar-refractivity contribution is -0.137. The number of carbonyl (C=O) groups is 4. The number of terminal acetylenes is 1. The molecular weight excluding hydrogens is 1010 g/mol. The number of halogens is 2. The Labute approximate surface area is 460 Å². The van der Waals surface area contributed by atoms with Crippen LogP contribution in [0.3, 0.4) is 0 Å². The Morgan fingerprint density at radius 3 is 2.33 bits per heavy atom. The minimum Gasteiger partial charge on any atom is -0.461 e. The van der Waals surface area contributed by atoms with Gasteiger partial charge in [-0.2, -0.15) is 9.97 Å². The number of methoxy groups -OCH3 is 1. The third kappa shape index (κ3) is 10.9. The highest BCUT2D eigenvalue weighted by Crippen LogP contribution is 2.43. The molecule has 18 heteroatoms. The molecule has 0 radical (unpaired) electrons. The predicted molar refractivity (Wildman–Crippen MR) is 297 cm³/mol. The third-order valence-electron chi connectivity index (χ3n) is 17.9. The van der Waals surface area contributed by atoms with E-state index in [4.69, 9.17) is 30.8 Å². The molecule has 79 heavy (non-hydrogen) atoms. The highest BCUT2D eigenvalue weighted by atomic mass is 19.1. The molecule has 1 N–H and O–H groups in total. The van der Waals surface area contributed by atoms with Crippen molar-refractivity contribution in [3.05, 3.63) is 82.5 Å². The first kappa shape index (κ1) is 54.2. The van der Waals surface area contributed by atoms with Gasteiger partial charge in [0.05, 0.1) is 34.8 Å². The van der Waals surface area contributed by atoms with Gasteiger partial charge >= 0.3 is 6.01 Å². The summed E-state index contributed by atoms with van der Waals surface area (Å²) in [5.41, 5.74) is 4.30. The summed E-state index contributed by atoms with van der Waals surface area (Å²) in [7, 11) is 3.25. The second-order valence-corrected chi connectivity index (χ2v) is 22.7. The number of hydrogen-bond acceptors (Lipinski definition) is 13. The van der Waals surface area contributed by atoms with E-state index in [0.717, 1.165) is 127 Å². The molecule has 3 aromatic carbocycles. The average Bonchev–Trinajstić information content (AvgIpc) is 4.07. The number of piperidine rings is 3. The molecule has 0 saturated carbocycles. The van der Waals surface area contributed by atoms with Gasteiger partial charge in [0.25, 0.3) is 5.91 Å². The van der Waals surface area contributed by atoms with Crippen LogP contribution in [0.15, 0.2) is 48.5 Å². The number of likely N-dealkylation sites (tertiary alicyclic amines) is 1. The maximum atomic E-state index is 16.9. The molecule has 6 fully saturated rings. The number of anilines is 2. The number of aromatic nitrogens is 3. The predicted octanol–water partition coefficient (Wildman–Crippen LogP) is 7.84. The molecule has 0 spiro atoms. The molecule has 13 rings (SSSR count). The smallest absolute Gasteiger partial charge is 0.319 e. The van der Waals surface area contributed by atoms with Crippen molar-refractivity contribution in [1.82, 2.24) is 35.0 Å². The van der Waals surface area contributed by atoms with Gasteiger partial charge in [0.1, 0.15) is 35.5 Å². The van der Waals surface area contributed by atoms with Gasteiger partial charge in [0.15, 0.2) is 5.82 Å². The van der Waals surface area contributed by atoms with Crippen LogP contribution < -0.4 is 19.9 Å². The molecule has 0 bridgehead atoms. The average molecular weight is 1080 g/mol. The van der Waals surface area contributed by atoms with Gasteiger partial charge in [-0.05, 0) is 144 Å². The minimum atomic E-state index is -0.585. The Hall–Kier alpha value is -6.81. The summed E-state index contributed by atoms with van der Waals surface area (Å²) < 4.78 is 48.4. The zero-order valence-corrected chi connectivity index (χ0v) is 45.5. The Balaban J connectivity index is 0.000000165. The van der Waals surface area contributed by atoms with Gasteiger partial charge < -0.3 is 33.8 Å². The summed E-state index contributed by atoms with van der Waals surface area (Å²) in [6, 6.07) is 14.1. The Morgan fingerprint density at radius 2 is 1.59 bits per heavy atom. The zero-order chi connectivity index (χ0) is 54.8. The first-order valence-corrected chi connectivity index (χ1v) is 28.4. The number of rotatable bonds is 9. The lowest BCUT2D eigenvalue weighted by Crippen LogP contribution is -2.52. The Morgan fingerprint density at radius 1 is 0.835 bits per heavy atom. The fraction of sp³-hybridized carbons (Fsp3) is 0.525. The van der Waals surface area contributed by atoms with E-state index in [9.17, 15) is 23.6 Å². The SMILES string of the molecule is C#Cc1c(F)ccc2cccc(-c3nc4c5c(nc(OCC67CCCN6CCC7)nc5c3F)N3CCCOCC3CC4)c12.COC.O=CN1CCC(CC2CCN(c3ccc4c(c3)CN(C3CCC(=O)NC3=O)C4=O)CC2)CC1. The molecule has 2 aromatic heterocycles. The molecule has 8 aliphatic rings. The van der Waals surface area contributed by atoms with Crippen molar-refractivity contribution in [2.75, 3.05) is 89.7 Å².